The van der Waals surface area contributed by atoms with Crippen LogP contribution in [-0.4, -0.2) is 87.5 Å². The summed E-state index contributed by atoms with van der Waals surface area (Å²) in [6.07, 6.45) is 52.5. The zero-order valence-corrected chi connectivity index (χ0v) is 44.2. The first kappa shape index (κ1) is 63.9. The summed E-state index contributed by atoms with van der Waals surface area (Å²) in [6.45, 7) is 3.87. The highest BCUT2D eigenvalue weighted by molar-refractivity contribution is 5.76. The molecule has 0 aromatic carbocycles. The second-order valence-electron chi connectivity index (χ2n) is 20.8. The molecular formula is C58H113NO8. The highest BCUT2D eigenvalue weighted by atomic mass is 16.7. The van der Waals surface area contributed by atoms with E-state index in [1.54, 1.807) is 0 Å². The molecule has 1 aliphatic rings. The molecule has 7 unspecified atom stereocenters. The zero-order chi connectivity index (χ0) is 48.7. The second-order valence-corrected chi connectivity index (χ2v) is 20.8. The smallest absolute Gasteiger partial charge is 0.220 e. The number of allylic oxidation sites excluding steroid dienone is 2. The Bertz CT molecular complexity index is 1060. The molecule has 9 nitrogen and oxygen atoms in total. The summed E-state index contributed by atoms with van der Waals surface area (Å²) in [7, 11) is 0. The molecule has 398 valence electrons. The summed E-state index contributed by atoms with van der Waals surface area (Å²) >= 11 is 0. The van der Waals surface area contributed by atoms with Crippen molar-refractivity contribution in [2.75, 3.05) is 13.2 Å². The third-order valence-corrected chi connectivity index (χ3v) is 14.4. The SMILES string of the molecule is CCCCCCCCCCCCCC/C=C\CCCCCCCCCCCCCCC(=O)NC(COC1OC(CO)C(O)C(O)C1O)C(O)CCCCCCCCCCCCCCCCCC. The van der Waals surface area contributed by atoms with Crippen molar-refractivity contribution in [1.29, 1.82) is 0 Å². The van der Waals surface area contributed by atoms with Crippen LogP contribution in [-0.2, 0) is 14.3 Å². The Morgan fingerprint density at radius 3 is 1.21 bits per heavy atom. The number of carbonyl (C=O) groups excluding carboxylic acids is 1. The van der Waals surface area contributed by atoms with Gasteiger partial charge in [-0.1, -0.05) is 264 Å². The van der Waals surface area contributed by atoms with Crippen LogP contribution in [0, 0.1) is 0 Å². The van der Waals surface area contributed by atoms with Gasteiger partial charge in [0.1, 0.15) is 24.4 Å². The van der Waals surface area contributed by atoms with E-state index in [-0.39, 0.29) is 12.5 Å². The lowest BCUT2D eigenvalue weighted by Crippen LogP contribution is -2.60. The molecule has 7 atom stereocenters. The van der Waals surface area contributed by atoms with E-state index in [1.807, 2.05) is 0 Å². The van der Waals surface area contributed by atoms with Crippen molar-refractivity contribution in [3.63, 3.8) is 0 Å². The average Bonchev–Trinajstić information content (AvgIpc) is 3.33. The fraction of sp³-hybridized carbons (Fsp3) is 0.948. The molecule has 0 aliphatic carbocycles. The highest BCUT2D eigenvalue weighted by Crippen LogP contribution is 2.23. The molecule has 0 aromatic rings. The molecule has 0 radical (unpaired) electrons. The van der Waals surface area contributed by atoms with Crippen molar-refractivity contribution in [3.8, 4) is 0 Å². The van der Waals surface area contributed by atoms with Crippen molar-refractivity contribution in [2.24, 2.45) is 0 Å². The van der Waals surface area contributed by atoms with Crippen LogP contribution >= 0.6 is 0 Å². The molecule has 67 heavy (non-hydrogen) atoms. The number of rotatable bonds is 51. The molecular weight excluding hydrogens is 839 g/mol. The Labute approximate surface area is 414 Å². The van der Waals surface area contributed by atoms with Crippen LogP contribution in [0.15, 0.2) is 12.2 Å². The van der Waals surface area contributed by atoms with Gasteiger partial charge in [0.05, 0.1) is 25.4 Å². The Kier molecular flexibility index (Phi) is 46.3. The summed E-state index contributed by atoms with van der Waals surface area (Å²) in [4.78, 5) is 13.1. The van der Waals surface area contributed by atoms with E-state index in [2.05, 4.69) is 31.3 Å². The third kappa shape index (κ3) is 38.3. The molecule has 0 bridgehead atoms. The Balaban J connectivity index is 2.15. The number of aliphatic hydroxyl groups is 5. The van der Waals surface area contributed by atoms with Gasteiger partial charge in [-0.15, -0.1) is 0 Å². The standard InChI is InChI=1S/C58H113NO8/c1-3-5-7-9-11-13-15-17-19-21-22-23-24-25-26-27-28-29-30-31-32-34-36-38-40-42-44-46-48-54(62)59-51(50-66-58-57(65)56(64)55(63)53(49-60)67-58)52(61)47-45-43-41-39-37-35-33-20-18-16-14-12-10-8-6-4-2/h25-26,51-53,55-58,60-61,63-65H,3-24,27-50H2,1-2H3,(H,59,62)/b26-25-. The number of amides is 1. The largest absolute Gasteiger partial charge is 0.394 e. The van der Waals surface area contributed by atoms with Gasteiger partial charge in [-0.3, -0.25) is 4.79 Å². The minimum atomic E-state index is -1.55. The summed E-state index contributed by atoms with van der Waals surface area (Å²) in [5.41, 5.74) is 0. The lowest BCUT2D eigenvalue weighted by atomic mass is 9.99. The first-order chi connectivity index (χ1) is 32.8. The number of unbranched alkanes of at least 4 members (excludes halogenated alkanes) is 39. The van der Waals surface area contributed by atoms with Crippen molar-refractivity contribution in [1.82, 2.24) is 5.32 Å². The number of nitrogens with one attached hydrogen (secondary N) is 1. The maximum atomic E-state index is 13.1. The summed E-state index contributed by atoms with van der Waals surface area (Å²) in [5, 5.41) is 54.6. The highest BCUT2D eigenvalue weighted by Gasteiger charge is 2.44. The predicted octanol–water partition coefficient (Wildman–Crippen LogP) is 14.4. The first-order valence-electron chi connectivity index (χ1n) is 29.4. The maximum absolute atomic E-state index is 13.1. The van der Waals surface area contributed by atoms with Gasteiger partial charge in [-0.05, 0) is 38.5 Å². The summed E-state index contributed by atoms with van der Waals surface area (Å²) in [5.74, 6) is -0.140. The predicted molar refractivity (Wildman–Crippen MR) is 281 cm³/mol. The van der Waals surface area contributed by atoms with Gasteiger partial charge in [0, 0.05) is 6.42 Å². The van der Waals surface area contributed by atoms with E-state index in [0.717, 1.165) is 38.5 Å². The molecule has 0 saturated carbocycles. The van der Waals surface area contributed by atoms with Crippen molar-refractivity contribution < 1.29 is 39.8 Å². The van der Waals surface area contributed by atoms with E-state index in [0.29, 0.717) is 12.8 Å². The molecule has 0 spiro atoms. The zero-order valence-electron chi connectivity index (χ0n) is 44.2. The van der Waals surface area contributed by atoms with Crippen LogP contribution in [0.3, 0.4) is 0 Å². The summed E-state index contributed by atoms with van der Waals surface area (Å²) < 4.78 is 11.3. The van der Waals surface area contributed by atoms with Gasteiger partial charge in [0.2, 0.25) is 5.91 Å². The van der Waals surface area contributed by atoms with Gasteiger partial charge >= 0.3 is 0 Å². The molecule has 1 amide bonds. The lowest BCUT2D eigenvalue weighted by molar-refractivity contribution is -0.302. The number of hydrogen-bond acceptors (Lipinski definition) is 8. The molecule has 1 saturated heterocycles. The van der Waals surface area contributed by atoms with Crippen LogP contribution < -0.4 is 5.32 Å². The van der Waals surface area contributed by atoms with E-state index in [1.165, 1.54) is 231 Å². The Hall–Kier alpha value is -1.07. The molecule has 1 aliphatic heterocycles. The monoisotopic (exact) mass is 952 g/mol. The van der Waals surface area contributed by atoms with Crippen LogP contribution in [0.25, 0.3) is 0 Å². The topological polar surface area (TPSA) is 149 Å². The van der Waals surface area contributed by atoms with E-state index in [9.17, 15) is 30.3 Å². The normalized spacial score (nSPS) is 19.7. The van der Waals surface area contributed by atoms with E-state index >= 15 is 0 Å². The molecule has 6 N–H and O–H groups in total. The van der Waals surface area contributed by atoms with Crippen molar-refractivity contribution in [2.45, 2.75) is 339 Å². The van der Waals surface area contributed by atoms with Crippen molar-refractivity contribution in [3.05, 3.63) is 12.2 Å². The Morgan fingerprint density at radius 2 is 0.836 bits per heavy atom. The number of aliphatic hydroxyl groups excluding tert-OH is 5. The number of hydrogen-bond donors (Lipinski definition) is 6. The van der Waals surface area contributed by atoms with E-state index < -0.39 is 49.5 Å². The maximum Gasteiger partial charge on any atom is 0.220 e. The Morgan fingerprint density at radius 1 is 0.493 bits per heavy atom. The minimum absolute atomic E-state index is 0.134. The van der Waals surface area contributed by atoms with E-state index in [4.69, 9.17) is 9.47 Å². The van der Waals surface area contributed by atoms with Crippen LogP contribution in [0.1, 0.15) is 296 Å². The van der Waals surface area contributed by atoms with Crippen LogP contribution in [0.4, 0.5) is 0 Å². The molecule has 9 heteroatoms. The van der Waals surface area contributed by atoms with Crippen LogP contribution in [0.2, 0.25) is 0 Å². The molecule has 1 heterocycles. The quantitative estimate of drug-likeness (QED) is 0.0261. The van der Waals surface area contributed by atoms with Gasteiger partial charge in [0.25, 0.3) is 0 Å². The van der Waals surface area contributed by atoms with Gasteiger partial charge in [0.15, 0.2) is 6.29 Å². The van der Waals surface area contributed by atoms with Gasteiger partial charge in [-0.25, -0.2) is 0 Å². The van der Waals surface area contributed by atoms with Gasteiger partial charge in [-0.2, -0.15) is 0 Å². The number of carbonyl (C=O) groups is 1. The van der Waals surface area contributed by atoms with Gasteiger partial charge < -0.3 is 40.3 Å². The average molecular weight is 953 g/mol. The lowest BCUT2D eigenvalue weighted by Gasteiger charge is -2.40. The van der Waals surface area contributed by atoms with Crippen molar-refractivity contribution >= 4 is 5.91 Å². The molecule has 0 aromatic heterocycles. The fourth-order valence-electron chi connectivity index (χ4n) is 9.69. The minimum Gasteiger partial charge on any atom is -0.394 e. The number of ether oxygens (including phenoxy) is 2. The summed E-state index contributed by atoms with van der Waals surface area (Å²) in [6, 6.07) is -0.716. The third-order valence-electron chi connectivity index (χ3n) is 14.4. The molecule has 1 rings (SSSR count). The van der Waals surface area contributed by atoms with Crippen LogP contribution in [0.5, 0.6) is 0 Å². The molecule has 1 fully saturated rings. The second kappa shape index (κ2) is 48.6. The fourth-order valence-corrected chi connectivity index (χ4v) is 9.69. The first-order valence-corrected chi connectivity index (χ1v) is 29.4.